The van der Waals surface area contributed by atoms with E-state index in [0.717, 1.165) is 17.1 Å². The Bertz CT molecular complexity index is 706. The van der Waals surface area contributed by atoms with Crippen molar-refractivity contribution >= 4 is 12.0 Å². The fourth-order valence-corrected chi connectivity index (χ4v) is 2.78. The Kier molecular flexibility index (Phi) is 4.57. The average molecular weight is 311 g/mol. The molecule has 0 N–H and O–H groups in total. The lowest BCUT2D eigenvalue weighted by atomic mass is 10.2. The van der Waals surface area contributed by atoms with Crippen molar-refractivity contribution in [2.75, 3.05) is 19.7 Å². The predicted molar refractivity (Wildman–Crippen MR) is 88.7 cm³/mol. The minimum absolute atomic E-state index is 0.00749. The first-order valence-corrected chi connectivity index (χ1v) is 7.77. The molecule has 1 amide bonds. The SMILES string of the molecule is Cc1cn(C)c(C2CN(C(=O)C=Cc3ccccc3)CCO2)n1. The van der Waals surface area contributed by atoms with Gasteiger partial charge in [-0.05, 0) is 18.6 Å². The summed E-state index contributed by atoms with van der Waals surface area (Å²) in [5.41, 5.74) is 1.98. The number of imidazole rings is 1. The van der Waals surface area contributed by atoms with E-state index >= 15 is 0 Å². The van der Waals surface area contributed by atoms with Crippen LogP contribution in [0.3, 0.4) is 0 Å². The maximum Gasteiger partial charge on any atom is 0.246 e. The summed E-state index contributed by atoms with van der Waals surface area (Å²) in [5, 5.41) is 0. The number of benzene rings is 1. The molecule has 1 aromatic heterocycles. The Morgan fingerprint density at radius 1 is 1.35 bits per heavy atom. The smallest absolute Gasteiger partial charge is 0.246 e. The topological polar surface area (TPSA) is 47.4 Å². The van der Waals surface area contributed by atoms with Crippen LogP contribution in [0.1, 0.15) is 23.2 Å². The summed E-state index contributed by atoms with van der Waals surface area (Å²) >= 11 is 0. The van der Waals surface area contributed by atoms with Gasteiger partial charge in [0.2, 0.25) is 5.91 Å². The molecule has 23 heavy (non-hydrogen) atoms. The normalized spacial score (nSPS) is 18.5. The highest BCUT2D eigenvalue weighted by Gasteiger charge is 2.27. The van der Waals surface area contributed by atoms with Crippen LogP contribution in [-0.4, -0.2) is 40.1 Å². The van der Waals surface area contributed by atoms with Crippen molar-refractivity contribution in [3.8, 4) is 0 Å². The molecule has 1 aromatic carbocycles. The van der Waals surface area contributed by atoms with Gasteiger partial charge in [-0.1, -0.05) is 30.3 Å². The van der Waals surface area contributed by atoms with Crippen molar-refractivity contribution in [1.82, 2.24) is 14.5 Å². The molecule has 2 aromatic rings. The molecule has 1 saturated heterocycles. The number of rotatable bonds is 3. The van der Waals surface area contributed by atoms with Gasteiger partial charge in [-0.2, -0.15) is 0 Å². The van der Waals surface area contributed by atoms with Gasteiger partial charge in [-0.3, -0.25) is 4.79 Å². The number of aromatic nitrogens is 2. The number of hydrogen-bond acceptors (Lipinski definition) is 3. The van der Waals surface area contributed by atoms with E-state index in [1.807, 2.05) is 66.0 Å². The van der Waals surface area contributed by atoms with Gasteiger partial charge in [-0.15, -0.1) is 0 Å². The van der Waals surface area contributed by atoms with Crippen molar-refractivity contribution in [3.05, 3.63) is 59.7 Å². The Labute approximate surface area is 136 Å². The largest absolute Gasteiger partial charge is 0.367 e. The third-order valence-electron chi connectivity index (χ3n) is 3.92. The zero-order valence-corrected chi connectivity index (χ0v) is 13.5. The van der Waals surface area contributed by atoms with Crippen molar-refractivity contribution in [1.29, 1.82) is 0 Å². The quantitative estimate of drug-likeness (QED) is 0.818. The molecule has 1 atom stereocenters. The summed E-state index contributed by atoms with van der Waals surface area (Å²) in [5.74, 6) is 0.875. The summed E-state index contributed by atoms with van der Waals surface area (Å²) in [4.78, 5) is 18.7. The van der Waals surface area contributed by atoms with E-state index in [1.54, 1.807) is 6.08 Å². The molecule has 0 aliphatic carbocycles. The molecule has 120 valence electrons. The maximum absolute atomic E-state index is 12.4. The Morgan fingerprint density at radius 3 is 2.83 bits per heavy atom. The van der Waals surface area contributed by atoms with Crippen LogP contribution in [0.5, 0.6) is 0 Å². The Hall–Kier alpha value is -2.40. The second-order valence-electron chi connectivity index (χ2n) is 5.74. The van der Waals surface area contributed by atoms with E-state index in [4.69, 9.17) is 4.74 Å². The first-order valence-electron chi connectivity index (χ1n) is 7.77. The molecule has 0 radical (unpaired) electrons. The van der Waals surface area contributed by atoms with Crippen molar-refractivity contribution in [2.45, 2.75) is 13.0 Å². The average Bonchev–Trinajstić information content (AvgIpc) is 2.92. The fraction of sp³-hybridized carbons (Fsp3) is 0.333. The van der Waals surface area contributed by atoms with Gasteiger partial charge in [0.25, 0.3) is 0 Å². The molecule has 5 heteroatoms. The number of amides is 1. The van der Waals surface area contributed by atoms with Crippen LogP contribution < -0.4 is 0 Å². The first-order chi connectivity index (χ1) is 11.1. The maximum atomic E-state index is 12.4. The van der Waals surface area contributed by atoms with Crippen LogP contribution >= 0.6 is 0 Å². The molecule has 0 saturated carbocycles. The summed E-state index contributed by atoms with van der Waals surface area (Å²) in [7, 11) is 1.95. The third-order valence-corrected chi connectivity index (χ3v) is 3.92. The Balaban J connectivity index is 1.67. The number of carbonyl (C=O) groups is 1. The van der Waals surface area contributed by atoms with Crippen LogP contribution in [0.4, 0.5) is 0 Å². The molecule has 0 spiro atoms. The van der Waals surface area contributed by atoms with Gasteiger partial charge in [0, 0.05) is 25.9 Å². The second kappa shape index (κ2) is 6.79. The van der Waals surface area contributed by atoms with Gasteiger partial charge in [0.05, 0.1) is 18.8 Å². The monoisotopic (exact) mass is 311 g/mol. The fourth-order valence-electron chi connectivity index (χ4n) is 2.78. The lowest BCUT2D eigenvalue weighted by molar-refractivity contribution is -0.134. The van der Waals surface area contributed by atoms with Crippen molar-refractivity contribution in [3.63, 3.8) is 0 Å². The minimum Gasteiger partial charge on any atom is -0.367 e. The summed E-state index contributed by atoms with van der Waals surface area (Å²) in [6, 6.07) is 9.82. The number of hydrogen-bond donors (Lipinski definition) is 0. The summed E-state index contributed by atoms with van der Waals surface area (Å²) < 4.78 is 7.77. The molecule has 1 aliphatic heterocycles. The summed E-state index contributed by atoms with van der Waals surface area (Å²) in [6.07, 6.45) is 5.27. The molecule has 1 aliphatic rings. The van der Waals surface area contributed by atoms with Gasteiger partial charge < -0.3 is 14.2 Å². The predicted octanol–water partition coefficient (Wildman–Crippen LogP) is 2.34. The molecule has 3 rings (SSSR count). The number of aryl methyl sites for hydroxylation is 2. The van der Waals surface area contributed by atoms with E-state index in [9.17, 15) is 4.79 Å². The zero-order valence-electron chi connectivity index (χ0n) is 13.5. The third kappa shape index (κ3) is 3.68. The molecule has 2 heterocycles. The van der Waals surface area contributed by atoms with E-state index in [2.05, 4.69) is 4.98 Å². The lowest BCUT2D eigenvalue weighted by Crippen LogP contribution is -2.42. The molecule has 1 fully saturated rings. The van der Waals surface area contributed by atoms with E-state index in [1.165, 1.54) is 0 Å². The van der Waals surface area contributed by atoms with Gasteiger partial charge >= 0.3 is 0 Å². The molecule has 0 bridgehead atoms. The highest BCUT2D eigenvalue weighted by molar-refractivity contribution is 5.91. The van der Waals surface area contributed by atoms with Crippen molar-refractivity contribution in [2.24, 2.45) is 7.05 Å². The van der Waals surface area contributed by atoms with E-state index in [-0.39, 0.29) is 12.0 Å². The van der Waals surface area contributed by atoms with E-state index < -0.39 is 0 Å². The van der Waals surface area contributed by atoms with Crippen LogP contribution in [0.25, 0.3) is 6.08 Å². The highest BCUT2D eigenvalue weighted by atomic mass is 16.5. The number of carbonyl (C=O) groups excluding carboxylic acids is 1. The molecule has 5 nitrogen and oxygen atoms in total. The second-order valence-corrected chi connectivity index (χ2v) is 5.74. The van der Waals surface area contributed by atoms with Crippen LogP contribution in [0.15, 0.2) is 42.6 Å². The van der Waals surface area contributed by atoms with Crippen LogP contribution in [0.2, 0.25) is 0 Å². The zero-order chi connectivity index (χ0) is 16.2. The van der Waals surface area contributed by atoms with Crippen LogP contribution in [0, 0.1) is 6.92 Å². The number of morpholine rings is 1. The minimum atomic E-state index is -0.170. The summed E-state index contributed by atoms with van der Waals surface area (Å²) in [6.45, 7) is 3.62. The molecular weight excluding hydrogens is 290 g/mol. The molecular formula is C18H21N3O2. The van der Waals surface area contributed by atoms with E-state index in [0.29, 0.717) is 19.7 Å². The Morgan fingerprint density at radius 2 is 2.13 bits per heavy atom. The van der Waals surface area contributed by atoms with Gasteiger partial charge in [0.1, 0.15) is 11.9 Å². The number of ether oxygens (including phenoxy) is 1. The van der Waals surface area contributed by atoms with Gasteiger partial charge in [-0.25, -0.2) is 4.98 Å². The van der Waals surface area contributed by atoms with Crippen LogP contribution in [-0.2, 0) is 16.6 Å². The highest BCUT2D eigenvalue weighted by Crippen LogP contribution is 2.21. The first kappa shape index (κ1) is 15.5. The standard InChI is InChI=1S/C18H21N3O2/c1-14-12-20(2)18(19-14)16-13-21(10-11-23-16)17(22)9-8-15-6-4-3-5-7-15/h3-9,12,16H,10-11,13H2,1-2H3. The lowest BCUT2D eigenvalue weighted by Gasteiger charge is -2.32. The van der Waals surface area contributed by atoms with Gasteiger partial charge in [0.15, 0.2) is 0 Å². The number of nitrogens with zero attached hydrogens (tertiary/aromatic N) is 3. The molecule has 1 unspecified atom stereocenters. The van der Waals surface area contributed by atoms with Crippen molar-refractivity contribution < 1.29 is 9.53 Å².